The molecule has 90 valence electrons. The van der Waals surface area contributed by atoms with Crippen LogP contribution in [0.25, 0.3) is 0 Å². The summed E-state index contributed by atoms with van der Waals surface area (Å²) >= 11 is 6.06. The Morgan fingerprint density at radius 1 is 1.25 bits per heavy atom. The van der Waals surface area contributed by atoms with Crippen LogP contribution >= 0.6 is 11.6 Å². The zero-order valence-electron chi connectivity index (χ0n) is 10.8. The second-order valence-electron chi connectivity index (χ2n) is 5.20. The van der Waals surface area contributed by atoms with Crippen LogP contribution in [0.15, 0.2) is 12.1 Å². The lowest BCUT2D eigenvalue weighted by Crippen LogP contribution is -2.21. The van der Waals surface area contributed by atoms with Crippen molar-refractivity contribution >= 4 is 11.6 Å². The van der Waals surface area contributed by atoms with Crippen molar-refractivity contribution in [1.82, 2.24) is 0 Å². The zero-order chi connectivity index (χ0) is 12.5. The lowest BCUT2D eigenvalue weighted by Gasteiger charge is -2.31. The van der Waals surface area contributed by atoms with E-state index < -0.39 is 6.10 Å². The molecule has 0 fully saturated rings. The molecule has 0 saturated heterocycles. The number of hydrogen-bond acceptors (Lipinski definition) is 1. The van der Waals surface area contributed by atoms with E-state index in [1.807, 2.05) is 26.0 Å². The summed E-state index contributed by atoms with van der Waals surface area (Å²) < 4.78 is 0. The third-order valence-corrected chi connectivity index (χ3v) is 3.90. The van der Waals surface area contributed by atoms with Crippen molar-refractivity contribution in [2.45, 2.75) is 47.1 Å². The van der Waals surface area contributed by atoms with Crippen LogP contribution in [0.5, 0.6) is 0 Å². The van der Waals surface area contributed by atoms with E-state index in [2.05, 4.69) is 20.8 Å². The molecule has 0 amide bonds. The summed E-state index contributed by atoms with van der Waals surface area (Å²) in [5.74, 6) is 0. The Morgan fingerprint density at radius 3 is 2.31 bits per heavy atom. The van der Waals surface area contributed by atoms with E-state index in [9.17, 15) is 5.11 Å². The van der Waals surface area contributed by atoms with E-state index in [0.717, 1.165) is 28.1 Å². The topological polar surface area (TPSA) is 20.2 Å². The quantitative estimate of drug-likeness (QED) is 0.829. The van der Waals surface area contributed by atoms with E-state index in [1.165, 1.54) is 0 Å². The molecule has 0 aliphatic rings. The van der Waals surface area contributed by atoms with Gasteiger partial charge in [-0.1, -0.05) is 38.4 Å². The summed E-state index contributed by atoms with van der Waals surface area (Å²) in [6, 6.07) is 3.93. The lowest BCUT2D eigenvalue weighted by atomic mass is 9.79. The van der Waals surface area contributed by atoms with Gasteiger partial charge in [-0.15, -0.1) is 0 Å². The molecule has 2 heteroatoms. The summed E-state index contributed by atoms with van der Waals surface area (Å²) in [5, 5.41) is 11.2. The summed E-state index contributed by atoms with van der Waals surface area (Å²) in [6.45, 7) is 10.2. The standard InChI is InChI=1S/C14H21ClO/c1-6-14(4,5)13(16)11-7-10(3)12(15)8-9(11)2/h7-8,13,16H,6H2,1-5H3. The fourth-order valence-electron chi connectivity index (χ4n) is 1.71. The summed E-state index contributed by atoms with van der Waals surface area (Å²) in [5.41, 5.74) is 2.97. The van der Waals surface area contributed by atoms with Gasteiger partial charge in [-0.3, -0.25) is 0 Å². The van der Waals surface area contributed by atoms with E-state index in [1.54, 1.807) is 0 Å². The maximum absolute atomic E-state index is 10.4. The van der Waals surface area contributed by atoms with Gasteiger partial charge in [-0.05, 0) is 48.4 Å². The summed E-state index contributed by atoms with van der Waals surface area (Å²) in [7, 11) is 0. The molecule has 1 nitrogen and oxygen atoms in total. The molecule has 0 aliphatic heterocycles. The Hall–Kier alpha value is -0.530. The van der Waals surface area contributed by atoms with Gasteiger partial charge in [0.05, 0.1) is 6.10 Å². The van der Waals surface area contributed by atoms with Crippen molar-refractivity contribution in [1.29, 1.82) is 0 Å². The van der Waals surface area contributed by atoms with Crippen molar-refractivity contribution in [3.8, 4) is 0 Å². The fourth-order valence-corrected chi connectivity index (χ4v) is 1.93. The van der Waals surface area contributed by atoms with Gasteiger partial charge in [-0.25, -0.2) is 0 Å². The molecule has 0 aliphatic carbocycles. The van der Waals surface area contributed by atoms with E-state index in [0.29, 0.717) is 0 Å². The largest absolute Gasteiger partial charge is 0.388 e. The SMILES string of the molecule is CCC(C)(C)C(O)c1cc(C)c(Cl)cc1C. The normalized spacial score (nSPS) is 13.9. The summed E-state index contributed by atoms with van der Waals surface area (Å²) in [6.07, 6.45) is 0.503. The Bertz CT molecular complexity index is 383. The van der Waals surface area contributed by atoms with Crippen molar-refractivity contribution in [2.75, 3.05) is 0 Å². The number of benzene rings is 1. The van der Waals surface area contributed by atoms with Gasteiger partial charge in [-0.2, -0.15) is 0 Å². The highest BCUT2D eigenvalue weighted by Crippen LogP contribution is 2.38. The number of rotatable bonds is 3. The number of aliphatic hydroxyl groups is 1. The van der Waals surface area contributed by atoms with Gasteiger partial charge in [0, 0.05) is 5.02 Å². The average molecular weight is 241 g/mol. The second kappa shape index (κ2) is 4.77. The molecule has 0 spiro atoms. The van der Waals surface area contributed by atoms with Crippen molar-refractivity contribution in [3.63, 3.8) is 0 Å². The molecule has 1 aromatic rings. The first kappa shape index (κ1) is 13.5. The molecule has 0 heterocycles. The van der Waals surface area contributed by atoms with Crippen LogP contribution < -0.4 is 0 Å². The van der Waals surface area contributed by atoms with Gasteiger partial charge in [0.15, 0.2) is 0 Å². The number of halogens is 1. The van der Waals surface area contributed by atoms with Crippen LogP contribution in [0.1, 0.15) is 50.0 Å². The van der Waals surface area contributed by atoms with Crippen molar-refractivity contribution in [3.05, 3.63) is 33.8 Å². The molecule has 1 rings (SSSR count). The van der Waals surface area contributed by atoms with Gasteiger partial charge >= 0.3 is 0 Å². The Kier molecular flexibility index (Phi) is 4.03. The molecule has 1 aromatic carbocycles. The molecule has 0 aromatic heterocycles. The van der Waals surface area contributed by atoms with E-state index in [4.69, 9.17) is 11.6 Å². The van der Waals surface area contributed by atoms with Gasteiger partial charge in [0.2, 0.25) is 0 Å². The first-order valence-electron chi connectivity index (χ1n) is 5.74. The highest BCUT2D eigenvalue weighted by molar-refractivity contribution is 6.31. The van der Waals surface area contributed by atoms with Crippen LogP contribution in [0, 0.1) is 19.3 Å². The van der Waals surface area contributed by atoms with Crippen molar-refractivity contribution < 1.29 is 5.11 Å². The van der Waals surface area contributed by atoms with Gasteiger partial charge < -0.3 is 5.11 Å². The maximum atomic E-state index is 10.4. The Balaban J connectivity index is 3.19. The highest BCUT2D eigenvalue weighted by Gasteiger charge is 2.28. The fraction of sp³-hybridized carbons (Fsp3) is 0.571. The third kappa shape index (κ3) is 2.58. The molecule has 16 heavy (non-hydrogen) atoms. The van der Waals surface area contributed by atoms with Gasteiger partial charge in [0.25, 0.3) is 0 Å². The van der Waals surface area contributed by atoms with Crippen LogP contribution in [-0.4, -0.2) is 5.11 Å². The second-order valence-corrected chi connectivity index (χ2v) is 5.61. The minimum Gasteiger partial charge on any atom is -0.388 e. The number of aliphatic hydroxyl groups excluding tert-OH is 1. The molecule has 1 atom stereocenters. The monoisotopic (exact) mass is 240 g/mol. The van der Waals surface area contributed by atoms with Gasteiger partial charge in [0.1, 0.15) is 0 Å². The molecular weight excluding hydrogens is 220 g/mol. The average Bonchev–Trinajstić information content (AvgIpc) is 2.22. The molecule has 1 N–H and O–H groups in total. The summed E-state index contributed by atoms with van der Waals surface area (Å²) in [4.78, 5) is 0. The number of hydrogen-bond donors (Lipinski definition) is 1. The number of aryl methyl sites for hydroxylation is 2. The first-order valence-corrected chi connectivity index (χ1v) is 6.12. The zero-order valence-corrected chi connectivity index (χ0v) is 11.5. The molecular formula is C14H21ClO. The first-order chi connectivity index (χ1) is 7.29. The van der Waals surface area contributed by atoms with Crippen LogP contribution in [-0.2, 0) is 0 Å². The van der Waals surface area contributed by atoms with Crippen LogP contribution in [0.2, 0.25) is 5.02 Å². The molecule has 0 saturated carbocycles. The third-order valence-electron chi connectivity index (χ3n) is 3.49. The predicted molar refractivity (Wildman–Crippen MR) is 70.0 cm³/mol. The van der Waals surface area contributed by atoms with Crippen molar-refractivity contribution in [2.24, 2.45) is 5.41 Å². The predicted octanol–water partition coefficient (Wildman–Crippen LogP) is 4.43. The minimum absolute atomic E-state index is 0.106. The Labute approximate surface area is 103 Å². The maximum Gasteiger partial charge on any atom is 0.0843 e. The molecule has 0 bridgehead atoms. The van der Waals surface area contributed by atoms with Crippen LogP contribution in [0.3, 0.4) is 0 Å². The van der Waals surface area contributed by atoms with Crippen LogP contribution in [0.4, 0.5) is 0 Å². The van der Waals surface area contributed by atoms with E-state index >= 15 is 0 Å². The minimum atomic E-state index is -0.437. The lowest BCUT2D eigenvalue weighted by molar-refractivity contribution is 0.0460. The Morgan fingerprint density at radius 2 is 1.81 bits per heavy atom. The molecule has 1 unspecified atom stereocenters. The smallest absolute Gasteiger partial charge is 0.0843 e. The molecule has 0 radical (unpaired) electrons. The highest BCUT2D eigenvalue weighted by atomic mass is 35.5. The van der Waals surface area contributed by atoms with E-state index in [-0.39, 0.29) is 5.41 Å².